The number of hydrogen-bond acceptors (Lipinski definition) is 3. The molecular weight excluding hydrogens is 201 g/mol. The smallest absolute Gasteiger partial charge is 0.375 e. The number of carbonyl (C=O) groups excluding carboxylic acids is 2. The summed E-state index contributed by atoms with van der Waals surface area (Å²) < 4.78 is 17.1. The van der Waals surface area contributed by atoms with Crippen LogP contribution in [0.15, 0.2) is 24.3 Å². The molecule has 1 aromatic rings. The largest absolute Gasteiger partial charge is 0.415 e. The molecule has 1 unspecified atom stereocenters. The van der Waals surface area contributed by atoms with Crippen LogP contribution < -0.4 is 5.32 Å². The monoisotopic (exact) mass is 209 g/mol. The molecule has 1 N–H and O–H groups in total. The molecule has 1 atom stereocenters. The number of hydrogen-bond donors (Lipinski definition) is 1. The Morgan fingerprint density at radius 2 is 2.20 bits per heavy atom. The van der Waals surface area contributed by atoms with Crippen molar-refractivity contribution in [1.29, 1.82) is 0 Å². The van der Waals surface area contributed by atoms with Gasteiger partial charge in [0.25, 0.3) is 0 Å². The van der Waals surface area contributed by atoms with Crippen molar-refractivity contribution in [3.63, 3.8) is 0 Å². The van der Waals surface area contributed by atoms with E-state index in [0.29, 0.717) is 5.56 Å². The van der Waals surface area contributed by atoms with Crippen molar-refractivity contribution >= 4 is 12.1 Å². The lowest BCUT2D eigenvalue weighted by Crippen LogP contribution is -2.30. The molecule has 15 heavy (non-hydrogen) atoms. The summed E-state index contributed by atoms with van der Waals surface area (Å²) in [5, 5.41) is 2.34. The molecule has 1 aliphatic heterocycles. The first kappa shape index (κ1) is 9.64. The zero-order valence-corrected chi connectivity index (χ0v) is 7.70. The summed E-state index contributed by atoms with van der Waals surface area (Å²) >= 11 is 0. The standard InChI is InChI=1S/C10H8FNO3/c11-7-3-1-2-6(4-7)5-8-9(13)15-10(14)12-8/h1-4,8H,5H2,(H,12,14). The fraction of sp³-hybridized carbons (Fsp3) is 0.200. The Balaban J connectivity index is 2.09. The second-order valence-electron chi connectivity index (χ2n) is 3.24. The Kier molecular flexibility index (Phi) is 2.37. The summed E-state index contributed by atoms with van der Waals surface area (Å²) in [5.41, 5.74) is 0.638. The highest BCUT2D eigenvalue weighted by atomic mass is 19.1. The molecule has 0 radical (unpaired) electrons. The van der Waals surface area contributed by atoms with Crippen molar-refractivity contribution in [2.75, 3.05) is 0 Å². The van der Waals surface area contributed by atoms with Gasteiger partial charge in [0, 0.05) is 6.42 Å². The van der Waals surface area contributed by atoms with E-state index in [1.807, 2.05) is 0 Å². The second-order valence-corrected chi connectivity index (χ2v) is 3.24. The maximum atomic E-state index is 12.8. The van der Waals surface area contributed by atoms with Crippen LogP contribution in [0, 0.1) is 5.82 Å². The second kappa shape index (κ2) is 3.68. The summed E-state index contributed by atoms with van der Waals surface area (Å²) in [7, 11) is 0. The van der Waals surface area contributed by atoms with Crippen LogP contribution in [-0.4, -0.2) is 18.1 Å². The lowest BCUT2D eigenvalue weighted by atomic mass is 10.1. The third-order valence-corrected chi connectivity index (χ3v) is 2.10. The number of rotatable bonds is 2. The number of nitrogens with one attached hydrogen (secondary N) is 1. The molecule has 78 valence electrons. The van der Waals surface area contributed by atoms with Gasteiger partial charge in [-0.15, -0.1) is 0 Å². The van der Waals surface area contributed by atoms with Gasteiger partial charge in [0.1, 0.15) is 11.9 Å². The van der Waals surface area contributed by atoms with E-state index in [1.165, 1.54) is 12.1 Å². The number of halogens is 1. The number of benzene rings is 1. The van der Waals surface area contributed by atoms with Gasteiger partial charge < -0.3 is 10.1 Å². The Labute approximate surface area is 85.0 Å². The first-order valence-corrected chi connectivity index (χ1v) is 4.42. The molecule has 0 spiro atoms. The van der Waals surface area contributed by atoms with E-state index in [0.717, 1.165) is 0 Å². The third kappa shape index (κ3) is 2.12. The highest BCUT2D eigenvalue weighted by molar-refractivity contribution is 5.95. The van der Waals surface area contributed by atoms with Crippen molar-refractivity contribution in [3.8, 4) is 0 Å². The predicted octanol–water partition coefficient (Wildman–Crippen LogP) is 1.00. The molecule has 5 heteroatoms. The molecule has 0 saturated carbocycles. The van der Waals surface area contributed by atoms with Gasteiger partial charge in [0.2, 0.25) is 0 Å². The van der Waals surface area contributed by atoms with E-state index in [9.17, 15) is 14.0 Å². The molecule has 4 nitrogen and oxygen atoms in total. The minimum absolute atomic E-state index is 0.238. The molecule has 1 aromatic carbocycles. The minimum Gasteiger partial charge on any atom is -0.375 e. The summed E-state index contributed by atoms with van der Waals surface area (Å²) in [4.78, 5) is 21.8. The van der Waals surface area contributed by atoms with Crippen molar-refractivity contribution in [3.05, 3.63) is 35.6 Å². The van der Waals surface area contributed by atoms with Gasteiger partial charge in [0.15, 0.2) is 0 Å². The first-order chi connectivity index (χ1) is 7.15. The van der Waals surface area contributed by atoms with Gasteiger partial charge in [-0.25, -0.2) is 14.0 Å². The zero-order chi connectivity index (χ0) is 10.8. The van der Waals surface area contributed by atoms with Gasteiger partial charge in [-0.2, -0.15) is 0 Å². The molecule has 0 aliphatic carbocycles. The number of cyclic esters (lactones) is 2. The highest BCUT2D eigenvalue weighted by Crippen LogP contribution is 2.10. The number of esters is 1. The predicted molar refractivity (Wildman–Crippen MR) is 48.5 cm³/mol. The molecule has 0 aromatic heterocycles. The lowest BCUT2D eigenvalue weighted by molar-refractivity contribution is -0.135. The summed E-state index contributed by atoms with van der Waals surface area (Å²) in [5.74, 6) is -0.991. The SMILES string of the molecule is O=C1NC(Cc2cccc(F)c2)C(=O)O1. The van der Waals surface area contributed by atoms with Crippen LogP contribution in [0.5, 0.6) is 0 Å². The fourth-order valence-corrected chi connectivity index (χ4v) is 1.43. The molecule has 1 saturated heterocycles. The van der Waals surface area contributed by atoms with E-state index < -0.39 is 18.1 Å². The average Bonchev–Trinajstić information content (AvgIpc) is 2.45. The van der Waals surface area contributed by atoms with Crippen molar-refractivity contribution in [2.45, 2.75) is 12.5 Å². The number of carbonyl (C=O) groups is 2. The van der Waals surface area contributed by atoms with Gasteiger partial charge in [0.05, 0.1) is 0 Å². The molecule has 1 heterocycles. The van der Waals surface area contributed by atoms with E-state index in [4.69, 9.17) is 0 Å². The molecule has 0 bridgehead atoms. The van der Waals surface area contributed by atoms with Gasteiger partial charge in [-0.05, 0) is 17.7 Å². The Hall–Kier alpha value is -1.91. The molecule has 1 aliphatic rings. The van der Waals surface area contributed by atoms with E-state index in [1.54, 1.807) is 12.1 Å². The summed E-state index contributed by atoms with van der Waals surface area (Å²) in [6.07, 6.45) is -0.510. The van der Waals surface area contributed by atoms with Crippen molar-refractivity contribution in [2.24, 2.45) is 0 Å². The van der Waals surface area contributed by atoms with Crippen LogP contribution in [0.3, 0.4) is 0 Å². The molecular formula is C10H8FNO3. The number of ether oxygens (including phenoxy) is 1. The minimum atomic E-state index is -0.749. The summed E-state index contributed by atoms with van der Waals surface area (Å²) in [6, 6.07) is 5.15. The van der Waals surface area contributed by atoms with Crippen LogP contribution >= 0.6 is 0 Å². The van der Waals surface area contributed by atoms with E-state index >= 15 is 0 Å². The average molecular weight is 209 g/mol. The normalized spacial score (nSPS) is 19.9. The van der Waals surface area contributed by atoms with Crippen LogP contribution in [0.2, 0.25) is 0 Å². The quantitative estimate of drug-likeness (QED) is 0.584. The van der Waals surface area contributed by atoms with E-state index in [-0.39, 0.29) is 12.2 Å². The van der Waals surface area contributed by atoms with Crippen LogP contribution in [0.25, 0.3) is 0 Å². The van der Waals surface area contributed by atoms with Gasteiger partial charge >= 0.3 is 12.1 Å². The maximum Gasteiger partial charge on any atom is 0.415 e. The Morgan fingerprint density at radius 3 is 2.80 bits per heavy atom. The van der Waals surface area contributed by atoms with E-state index in [2.05, 4.69) is 10.1 Å². The molecule has 2 rings (SSSR count). The zero-order valence-electron chi connectivity index (χ0n) is 7.70. The molecule has 1 amide bonds. The van der Waals surface area contributed by atoms with Crippen LogP contribution in [-0.2, 0) is 16.0 Å². The highest BCUT2D eigenvalue weighted by Gasteiger charge is 2.32. The van der Waals surface area contributed by atoms with Gasteiger partial charge in [-0.1, -0.05) is 12.1 Å². The lowest BCUT2D eigenvalue weighted by Gasteiger charge is -2.05. The Morgan fingerprint density at radius 1 is 1.40 bits per heavy atom. The van der Waals surface area contributed by atoms with Crippen LogP contribution in [0.4, 0.5) is 9.18 Å². The first-order valence-electron chi connectivity index (χ1n) is 4.42. The summed E-state index contributed by atoms with van der Waals surface area (Å²) in [6.45, 7) is 0. The Bertz CT molecular complexity index is 419. The van der Waals surface area contributed by atoms with Crippen LogP contribution in [0.1, 0.15) is 5.56 Å². The third-order valence-electron chi connectivity index (χ3n) is 2.10. The number of alkyl carbamates (subject to hydrolysis) is 1. The topological polar surface area (TPSA) is 55.4 Å². The van der Waals surface area contributed by atoms with Gasteiger partial charge in [-0.3, -0.25) is 0 Å². The van der Waals surface area contributed by atoms with Crippen molar-refractivity contribution < 1.29 is 18.7 Å². The number of amides is 1. The molecule has 1 fully saturated rings. The fourth-order valence-electron chi connectivity index (χ4n) is 1.43. The maximum absolute atomic E-state index is 12.8. The van der Waals surface area contributed by atoms with Crippen molar-refractivity contribution in [1.82, 2.24) is 5.32 Å².